The zero-order chi connectivity index (χ0) is 18.2. The molecular weight excluding hydrogens is 296 g/mol. The maximum Gasteiger partial charge on any atom is 0.407 e. The van der Waals surface area contributed by atoms with Gasteiger partial charge in [0.2, 0.25) is 0 Å². The molecule has 0 saturated carbocycles. The van der Waals surface area contributed by atoms with Crippen LogP contribution in [-0.2, 0) is 9.53 Å². The molecular formula is C17H34N2O4. The standard InChI is InChI=1S/C17H34N2O4/c1-11(2)8-13(19-16(22)23-17(5,6)7)10-18-14(15(20)21)9-12(3)4/h11-14,18H,8-10H2,1-7H3,(H,19,22)(H,20,21)/t13-,14+/m1/s1. The molecule has 0 aromatic rings. The number of amides is 1. The predicted octanol–water partition coefficient (Wildman–Crippen LogP) is 3.01. The Kier molecular flexibility index (Phi) is 9.20. The Hall–Kier alpha value is -1.30. The second-order valence-electron chi connectivity index (χ2n) is 7.90. The van der Waals surface area contributed by atoms with Crippen LogP contribution in [0.4, 0.5) is 4.79 Å². The van der Waals surface area contributed by atoms with Gasteiger partial charge in [-0.1, -0.05) is 27.7 Å². The van der Waals surface area contributed by atoms with Gasteiger partial charge in [0.15, 0.2) is 0 Å². The third kappa shape index (κ3) is 11.9. The number of nitrogens with one attached hydrogen (secondary N) is 2. The molecule has 0 radical (unpaired) electrons. The molecule has 0 aliphatic carbocycles. The van der Waals surface area contributed by atoms with Gasteiger partial charge in [0, 0.05) is 12.6 Å². The van der Waals surface area contributed by atoms with Gasteiger partial charge in [0.25, 0.3) is 0 Å². The van der Waals surface area contributed by atoms with Crippen LogP contribution in [0.3, 0.4) is 0 Å². The number of carboxylic acids is 1. The molecule has 6 heteroatoms. The average Bonchev–Trinajstić information content (AvgIpc) is 2.29. The number of hydrogen-bond acceptors (Lipinski definition) is 4. The van der Waals surface area contributed by atoms with E-state index in [1.165, 1.54) is 0 Å². The number of hydrogen-bond donors (Lipinski definition) is 3. The summed E-state index contributed by atoms with van der Waals surface area (Å²) in [6.45, 7) is 13.9. The lowest BCUT2D eigenvalue weighted by Crippen LogP contribution is -2.49. The minimum Gasteiger partial charge on any atom is -0.480 e. The largest absolute Gasteiger partial charge is 0.480 e. The third-order valence-corrected chi connectivity index (χ3v) is 3.09. The molecule has 3 N–H and O–H groups in total. The van der Waals surface area contributed by atoms with Gasteiger partial charge in [-0.05, 0) is 45.4 Å². The summed E-state index contributed by atoms with van der Waals surface area (Å²) < 4.78 is 5.27. The Morgan fingerprint density at radius 1 is 1.04 bits per heavy atom. The number of carboxylic acid groups (broad SMARTS) is 1. The topological polar surface area (TPSA) is 87.7 Å². The molecule has 0 aromatic heterocycles. The van der Waals surface area contributed by atoms with Crippen LogP contribution >= 0.6 is 0 Å². The zero-order valence-electron chi connectivity index (χ0n) is 15.6. The summed E-state index contributed by atoms with van der Waals surface area (Å²) in [5, 5.41) is 15.2. The van der Waals surface area contributed by atoms with E-state index in [0.717, 1.165) is 6.42 Å². The van der Waals surface area contributed by atoms with Crippen molar-refractivity contribution in [1.82, 2.24) is 10.6 Å². The first kappa shape index (κ1) is 21.7. The minimum absolute atomic E-state index is 0.168. The normalized spacial score (nSPS) is 14.7. The van der Waals surface area contributed by atoms with Crippen molar-refractivity contribution in [2.75, 3.05) is 6.54 Å². The summed E-state index contributed by atoms with van der Waals surface area (Å²) in [6.07, 6.45) is 0.830. The molecule has 0 bridgehead atoms. The van der Waals surface area contributed by atoms with Gasteiger partial charge in [0.1, 0.15) is 11.6 Å². The third-order valence-electron chi connectivity index (χ3n) is 3.09. The first-order chi connectivity index (χ1) is 10.4. The van der Waals surface area contributed by atoms with E-state index < -0.39 is 23.7 Å². The van der Waals surface area contributed by atoms with E-state index in [9.17, 15) is 14.7 Å². The lowest BCUT2D eigenvalue weighted by atomic mass is 10.0. The maximum absolute atomic E-state index is 11.9. The van der Waals surface area contributed by atoms with Crippen LogP contribution < -0.4 is 10.6 Å². The molecule has 0 rings (SSSR count). The number of alkyl carbamates (subject to hydrolysis) is 1. The monoisotopic (exact) mass is 330 g/mol. The first-order valence-corrected chi connectivity index (χ1v) is 8.36. The second kappa shape index (κ2) is 9.75. The first-order valence-electron chi connectivity index (χ1n) is 8.36. The fourth-order valence-electron chi connectivity index (χ4n) is 2.26. The van der Waals surface area contributed by atoms with Crippen LogP contribution in [0.1, 0.15) is 61.3 Å². The van der Waals surface area contributed by atoms with Crippen molar-refractivity contribution in [1.29, 1.82) is 0 Å². The van der Waals surface area contributed by atoms with Gasteiger partial charge in [0.05, 0.1) is 0 Å². The van der Waals surface area contributed by atoms with Crippen molar-refractivity contribution in [3.8, 4) is 0 Å². The van der Waals surface area contributed by atoms with E-state index in [2.05, 4.69) is 24.5 Å². The Bertz CT molecular complexity index is 375. The molecule has 2 atom stereocenters. The summed E-state index contributed by atoms with van der Waals surface area (Å²) in [5.41, 5.74) is -0.554. The SMILES string of the molecule is CC(C)C[C@H](CN[C@@H](CC(C)C)C(=O)O)NC(=O)OC(C)(C)C. The zero-order valence-corrected chi connectivity index (χ0v) is 15.6. The van der Waals surface area contributed by atoms with E-state index >= 15 is 0 Å². The summed E-state index contributed by atoms with van der Waals surface area (Å²) in [6, 6.07) is -0.774. The predicted molar refractivity (Wildman–Crippen MR) is 91.5 cm³/mol. The van der Waals surface area contributed by atoms with Crippen LogP contribution in [0.5, 0.6) is 0 Å². The number of carbonyl (C=O) groups is 2. The molecule has 0 aliphatic heterocycles. The summed E-state index contributed by atoms with van der Waals surface area (Å²) in [5.74, 6) is -0.199. The lowest BCUT2D eigenvalue weighted by Gasteiger charge is -2.26. The Balaban J connectivity index is 4.65. The number of aliphatic carboxylic acids is 1. The highest BCUT2D eigenvalue weighted by molar-refractivity contribution is 5.73. The lowest BCUT2D eigenvalue weighted by molar-refractivity contribution is -0.139. The molecule has 1 amide bonds. The van der Waals surface area contributed by atoms with Crippen molar-refractivity contribution < 1.29 is 19.4 Å². The molecule has 0 aromatic carbocycles. The van der Waals surface area contributed by atoms with E-state index in [4.69, 9.17) is 4.74 Å². The molecule has 0 saturated heterocycles. The van der Waals surface area contributed by atoms with Crippen molar-refractivity contribution >= 4 is 12.1 Å². The van der Waals surface area contributed by atoms with Crippen LogP contribution in [0.15, 0.2) is 0 Å². The summed E-state index contributed by atoms with van der Waals surface area (Å²) >= 11 is 0. The Morgan fingerprint density at radius 2 is 1.57 bits per heavy atom. The summed E-state index contributed by atoms with van der Waals surface area (Å²) in [7, 11) is 0. The molecule has 23 heavy (non-hydrogen) atoms. The Labute approximate surface area is 140 Å². The van der Waals surface area contributed by atoms with Gasteiger partial charge < -0.3 is 20.5 Å². The molecule has 0 aliphatic rings. The highest BCUT2D eigenvalue weighted by atomic mass is 16.6. The fraction of sp³-hybridized carbons (Fsp3) is 0.882. The summed E-state index contributed by atoms with van der Waals surface area (Å²) in [4.78, 5) is 23.2. The van der Waals surface area contributed by atoms with Crippen molar-refractivity contribution in [3.05, 3.63) is 0 Å². The number of rotatable bonds is 9. The highest BCUT2D eigenvalue weighted by Crippen LogP contribution is 2.10. The molecule has 136 valence electrons. The quantitative estimate of drug-likeness (QED) is 0.605. The second-order valence-corrected chi connectivity index (χ2v) is 7.90. The van der Waals surface area contributed by atoms with Gasteiger partial charge in [-0.25, -0.2) is 4.79 Å². The van der Waals surface area contributed by atoms with Crippen LogP contribution in [0.2, 0.25) is 0 Å². The van der Waals surface area contributed by atoms with Crippen molar-refractivity contribution in [2.24, 2.45) is 11.8 Å². The Morgan fingerprint density at radius 3 is 1.96 bits per heavy atom. The molecule has 0 fully saturated rings. The van der Waals surface area contributed by atoms with Gasteiger partial charge in [-0.3, -0.25) is 4.79 Å². The molecule has 0 spiro atoms. The molecule has 6 nitrogen and oxygen atoms in total. The highest BCUT2D eigenvalue weighted by Gasteiger charge is 2.23. The van der Waals surface area contributed by atoms with E-state index in [0.29, 0.717) is 18.9 Å². The van der Waals surface area contributed by atoms with Crippen LogP contribution in [0.25, 0.3) is 0 Å². The number of ether oxygens (including phenoxy) is 1. The molecule has 0 unspecified atom stereocenters. The average molecular weight is 330 g/mol. The minimum atomic E-state index is -0.862. The van der Waals surface area contributed by atoms with Gasteiger partial charge in [-0.2, -0.15) is 0 Å². The van der Waals surface area contributed by atoms with Crippen molar-refractivity contribution in [2.45, 2.75) is 79.0 Å². The van der Waals surface area contributed by atoms with E-state index in [-0.39, 0.29) is 12.0 Å². The maximum atomic E-state index is 11.9. The van der Waals surface area contributed by atoms with Gasteiger partial charge in [-0.15, -0.1) is 0 Å². The van der Waals surface area contributed by atoms with Gasteiger partial charge >= 0.3 is 12.1 Å². The van der Waals surface area contributed by atoms with Crippen molar-refractivity contribution in [3.63, 3.8) is 0 Å². The molecule has 0 heterocycles. The smallest absolute Gasteiger partial charge is 0.407 e. The number of carbonyl (C=O) groups excluding carboxylic acids is 1. The van der Waals surface area contributed by atoms with E-state index in [1.54, 1.807) is 0 Å². The van der Waals surface area contributed by atoms with Crippen LogP contribution in [-0.4, -0.2) is 41.4 Å². The van der Waals surface area contributed by atoms with E-state index in [1.807, 2.05) is 34.6 Å². The van der Waals surface area contributed by atoms with Crippen LogP contribution in [0, 0.1) is 11.8 Å². The fourth-order valence-corrected chi connectivity index (χ4v) is 2.26.